The predicted molar refractivity (Wildman–Crippen MR) is 97.7 cm³/mol. The number of rotatable bonds is 3. The molecule has 2 aromatic heterocycles. The third kappa shape index (κ3) is 3.55. The molecule has 8 heteroatoms. The summed E-state index contributed by atoms with van der Waals surface area (Å²) in [6, 6.07) is 4.56. The Labute approximate surface area is 155 Å². The minimum Gasteiger partial charge on any atom is -0.318 e. The van der Waals surface area contributed by atoms with Crippen molar-refractivity contribution in [2.45, 2.75) is 39.2 Å². The molecule has 27 heavy (non-hydrogen) atoms. The Morgan fingerprint density at radius 1 is 1.15 bits per heavy atom. The van der Waals surface area contributed by atoms with Gasteiger partial charge >= 0.3 is 0 Å². The van der Waals surface area contributed by atoms with Crippen LogP contribution in [0.5, 0.6) is 0 Å². The van der Waals surface area contributed by atoms with Crippen molar-refractivity contribution in [2.75, 3.05) is 5.32 Å². The van der Waals surface area contributed by atoms with Crippen LogP contribution in [-0.2, 0) is 13.0 Å². The van der Waals surface area contributed by atoms with Gasteiger partial charge in [0.2, 0.25) is 0 Å². The third-order valence-corrected chi connectivity index (χ3v) is 4.60. The molecule has 7 nitrogen and oxygen atoms in total. The van der Waals surface area contributed by atoms with Crippen molar-refractivity contribution in [3.63, 3.8) is 0 Å². The molecule has 0 bridgehead atoms. The van der Waals surface area contributed by atoms with Gasteiger partial charge in [-0.3, -0.25) is 9.78 Å². The van der Waals surface area contributed by atoms with Crippen LogP contribution in [0.4, 0.5) is 10.1 Å². The minimum atomic E-state index is -0.525. The summed E-state index contributed by atoms with van der Waals surface area (Å²) in [7, 11) is 0. The van der Waals surface area contributed by atoms with Gasteiger partial charge in [0.15, 0.2) is 5.82 Å². The first kappa shape index (κ1) is 17.3. The van der Waals surface area contributed by atoms with Crippen molar-refractivity contribution in [3.05, 3.63) is 53.6 Å². The van der Waals surface area contributed by atoms with Crippen LogP contribution in [0.2, 0.25) is 0 Å². The number of nitrogens with one attached hydrogen (secondary N) is 1. The van der Waals surface area contributed by atoms with Gasteiger partial charge in [0.05, 0.1) is 17.6 Å². The predicted octanol–water partition coefficient (Wildman–Crippen LogP) is 3.16. The molecule has 138 valence electrons. The Hall–Kier alpha value is -3.16. The molecule has 0 atom stereocenters. The van der Waals surface area contributed by atoms with Crippen LogP contribution < -0.4 is 5.32 Å². The Morgan fingerprint density at radius 3 is 2.85 bits per heavy atom. The van der Waals surface area contributed by atoms with E-state index < -0.39 is 11.7 Å². The number of carbonyl (C=O) groups is 1. The number of nitrogens with zero attached hydrogens (tertiary/aromatic N) is 5. The first-order chi connectivity index (χ1) is 13.1. The number of anilines is 1. The Morgan fingerprint density at radius 2 is 2.04 bits per heavy atom. The molecule has 4 rings (SSSR count). The summed E-state index contributed by atoms with van der Waals surface area (Å²) < 4.78 is 16.3. The average molecular weight is 366 g/mol. The first-order valence-electron chi connectivity index (χ1n) is 8.94. The molecule has 1 aromatic carbocycles. The van der Waals surface area contributed by atoms with E-state index in [9.17, 15) is 9.18 Å². The molecule has 0 fully saturated rings. The van der Waals surface area contributed by atoms with Gasteiger partial charge in [0.25, 0.3) is 5.91 Å². The lowest BCUT2D eigenvalue weighted by Crippen LogP contribution is -2.15. The number of aryl methyl sites for hydroxylation is 2. The zero-order valence-electron chi connectivity index (χ0n) is 14.9. The fourth-order valence-corrected chi connectivity index (χ4v) is 3.15. The van der Waals surface area contributed by atoms with E-state index in [0.717, 1.165) is 38.1 Å². The van der Waals surface area contributed by atoms with Crippen LogP contribution >= 0.6 is 0 Å². The molecular formula is C19H19FN6O. The van der Waals surface area contributed by atoms with Gasteiger partial charge in [-0.05, 0) is 38.0 Å². The second kappa shape index (κ2) is 7.22. The van der Waals surface area contributed by atoms with E-state index in [-0.39, 0.29) is 11.4 Å². The zero-order valence-corrected chi connectivity index (χ0v) is 14.9. The molecule has 0 radical (unpaired) electrons. The van der Waals surface area contributed by atoms with Gasteiger partial charge < -0.3 is 9.88 Å². The van der Waals surface area contributed by atoms with E-state index >= 15 is 0 Å². The molecule has 1 aliphatic rings. The molecule has 0 saturated carbocycles. The quantitative estimate of drug-likeness (QED) is 0.769. The van der Waals surface area contributed by atoms with Gasteiger partial charge in [0.1, 0.15) is 17.3 Å². The summed E-state index contributed by atoms with van der Waals surface area (Å²) in [6.45, 7) is 2.62. The van der Waals surface area contributed by atoms with E-state index in [1.54, 1.807) is 19.1 Å². The highest BCUT2D eigenvalue weighted by atomic mass is 19.1. The van der Waals surface area contributed by atoms with Gasteiger partial charge in [-0.1, -0.05) is 6.42 Å². The Kier molecular flexibility index (Phi) is 4.62. The maximum atomic E-state index is 14.3. The molecule has 1 aliphatic heterocycles. The van der Waals surface area contributed by atoms with Crippen LogP contribution in [0.3, 0.4) is 0 Å². The monoisotopic (exact) mass is 366 g/mol. The van der Waals surface area contributed by atoms with E-state index in [1.807, 2.05) is 0 Å². The Balaban J connectivity index is 1.63. The normalized spacial score (nSPS) is 13.7. The number of hydrogen-bond donors (Lipinski definition) is 1. The topological polar surface area (TPSA) is 85.6 Å². The van der Waals surface area contributed by atoms with Crippen LogP contribution in [0.1, 0.15) is 41.3 Å². The fraction of sp³-hybridized carbons (Fsp3) is 0.316. The van der Waals surface area contributed by atoms with Gasteiger partial charge in [-0.2, -0.15) is 0 Å². The number of benzene rings is 1. The maximum Gasteiger partial charge on any atom is 0.275 e. The van der Waals surface area contributed by atoms with Crippen LogP contribution in [0.25, 0.3) is 11.4 Å². The number of hydrogen-bond acceptors (Lipinski definition) is 5. The number of amides is 1. The summed E-state index contributed by atoms with van der Waals surface area (Å²) in [6.07, 6.45) is 7.07. The molecule has 0 aliphatic carbocycles. The average Bonchev–Trinajstić information content (AvgIpc) is 2.92. The summed E-state index contributed by atoms with van der Waals surface area (Å²) >= 11 is 0. The van der Waals surface area contributed by atoms with E-state index in [0.29, 0.717) is 17.1 Å². The van der Waals surface area contributed by atoms with Gasteiger partial charge in [0, 0.05) is 24.7 Å². The standard InChI is InChI=1S/C19H19FN6O/c1-12-10-22-16(11-21-12)19(27)23-15-9-13(6-7-14(15)20)18-25-24-17-5-3-2-4-8-26(17)18/h6-7,9-11H,2-5,8H2,1H3,(H,23,27). The maximum absolute atomic E-state index is 14.3. The molecule has 3 heterocycles. The largest absolute Gasteiger partial charge is 0.318 e. The third-order valence-electron chi connectivity index (χ3n) is 4.60. The second-order valence-corrected chi connectivity index (χ2v) is 6.59. The Bertz CT molecular complexity index is 982. The molecule has 0 spiro atoms. The molecule has 1 amide bonds. The van der Waals surface area contributed by atoms with Gasteiger partial charge in [-0.15, -0.1) is 10.2 Å². The number of fused-ring (bicyclic) bond motifs is 1. The first-order valence-corrected chi connectivity index (χ1v) is 8.94. The molecule has 0 saturated heterocycles. The van der Waals surface area contributed by atoms with Crippen molar-refractivity contribution >= 4 is 11.6 Å². The van der Waals surface area contributed by atoms with Crippen molar-refractivity contribution in [1.82, 2.24) is 24.7 Å². The second-order valence-electron chi connectivity index (χ2n) is 6.59. The lowest BCUT2D eigenvalue weighted by molar-refractivity contribution is 0.102. The van der Waals surface area contributed by atoms with Crippen LogP contribution in [0.15, 0.2) is 30.6 Å². The molecule has 1 N–H and O–H groups in total. The van der Waals surface area contributed by atoms with Crippen molar-refractivity contribution < 1.29 is 9.18 Å². The summed E-state index contributed by atoms with van der Waals surface area (Å²) in [5, 5.41) is 11.1. The van der Waals surface area contributed by atoms with Gasteiger partial charge in [-0.25, -0.2) is 9.37 Å². The summed E-state index contributed by atoms with van der Waals surface area (Å²) in [5.41, 5.74) is 1.61. The van der Waals surface area contributed by atoms with Crippen LogP contribution in [-0.4, -0.2) is 30.6 Å². The van der Waals surface area contributed by atoms with E-state index in [1.165, 1.54) is 18.5 Å². The SMILES string of the molecule is Cc1cnc(C(=O)Nc2cc(-c3nnc4n3CCCCC4)ccc2F)cn1. The molecular weight excluding hydrogens is 347 g/mol. The smallest absolute Gasteiger partial charge is 0.275 e. The molecule has 3 aromatic rings. The van der Waals surface area contributed by atoms with Crippen molar-refractivity contribution in [3.8, 4) is 11.4 Å². The minimum absolute atomic E-state index is 0.0749. The number of carbonyl (C=O) groups excluding carboxylic acids is 1. The van der Waals surface area contributed by atoms with E-state index in [4.69, 9.17) is 0 Å². The van der Waals surface area contributed by atoms with Crippen LogP contribution in [0, 0.1) is 12.7 Å². The fourth-order valence-electron chi connectivity index (χ4n) is 3.15. The van der Waals surface area contributed by atoms with Crippen molar-refractivity contribution in [2.24, 2.45) is 0 Å². The summed E-state index contributed by atoms with van der Waals surface area (Å²) in [5.74, 6) is 0.603. The lowest BCUT2D eigenvalue weighted by atomic mass is 10.1. The number of aromatic nitrogens is 5. The highest BCUT2D eigenvalue weighted by Crippen LogP contribution is 2.26. The zero-order chi connectivity index (χ0) is 18.8. The molecule has 0 unspecified atom stereocenters. The number of halogens is 1. The lowest BCUT2D eigenvalue weighted by Gasteiger charge is -2.10. The summed E-state index contributed by atoms with van der Waals surface area (Å²) in [4.78, 5) is 20.4. The van der Waals surface area contributed by atoms with E-state index in [2.05, 4.69) is 30.0 Å². The highest BCUT2D eigenvalue weighted by molar-refractivity contribution is 6.03. The van der Waals surface area contributed by atoms with Crippen molar-refractivity contribution in [1.29, 1.82) is 0 Å². The highest BCUT2D eigenvalue weighted by Gasteiger charge is 2.18.